The fourth-order valence-corrected chi connectivity index (χ4v) is 6.05. The van der Waals surface area contributed by atoms with E-state index in [2.05, 4.69) is 34.0 Å². The van der Waals surface area contributed by atoms with Crippen LogP contribution in [0.5, 0.6) is 0 Å². The van der Waals surface area contributed by atoms with E-state index in [4.69, 9.17) is 14.5 Å². The predicted octanol–water partition coefficient (Wildman–Crippen LogP) is 6.34. The normalized spacial score (nSPS) is 14.1. The number of pyridine rings is 1. The van der Waals surface area contributed by atoms with Crippen molar-refractivity contribution < 1.29 is 27.8 Å². The van der Waals surface area contributed by atoms with Gasteiger partial charge in [0.1, 0.15) is 29.6 Å². The molecule has 1 aliphatic rings. The summed E-state index contributed by atoms with van der Waals surface area (Å²) in [6.45, 7) is 10.1. The number of halogens is 2. The molecule has 0 aliphatic carbocycles. The number of carbonyl (C=O) groups is 2. The van der Waals surface area contributed by atoms with Gasteiger partial charge in [-0.25, -0.2) is 13.8 Å². The topological polar surface area (TPSA) is 118 Å². The molecule has 1 aromatic carbocycles. The number of hydrogen-bond donors (Lipinski definition) is 3. The number of fused-ring (bicyclic) bond motifs is 2. The summed E-state index contributed by atoms with van der Waals surface area (Å²) >= 11 is 1.33. The summed E-state index contributed by atoms with van der Waals surface area (Å²) in [5.41, 5.74) is 4.01. The fourth-order valence-electron chi connectivity index (χ4n) is 5.10. The first-order valence-corrected chi connectivity index (χ1v) is 14.9. The van der Waals surface area contributed by atoms with Crippen molar-refractivity contribution in [3.05, 3.63) is 101 Å². The van der Waals surface area contributed by atoms with Gasteiger partial charge in [-0.3, -0.25) is 14.7 Å². The molecule has 3 aromatic heterocycles. The summed E-state index contributed by atoms with van der Waals surface area (Å²) in [5, 5.41) is 15.6. The summed E-state index contributed by atoms with van der Waals surface area (Å²) in [6.07, 6.45) is 2.66. The Bertz CT molecular complexity index is 1860. The van der Waals surface area contributed by atoms with Crippen LogP contribution >= 0.6 is 11.3 Å². The lowest BCUT2D eigenvalue weighted by atomic mass is 9.93. The van der Waals surface area contributed by atoms with Crippen LogP contribution in [0.2, 0.25) is 0 Å². The molecule has 1 atom stereocenters. The third-order valence-electron chi connectivity index (χ3n) is 7.31. The third-order valence-corrected chi connectivity index (χ3v) is 8.24. The highest BCUT2D eigenvalue weighted by Gasteiger charge is 2.27. The summed E-state index contributed by atoms with van der Waals surface area (Å²) < 4.78 is 40.7. The molecule has 0 bridgehead atoms. The largest absolute Gasteiger partial charge is 0.491 e. The Labute approximate surface area is 262 Å². The number of ether oxygens (including phenoxy) is 2. The molecule has 4 aromatic rings. The SMILES string of the molecule is C=CC(=O)N[C@H](C)c1cc(-c2nc(-c3ccc4c(c3)C(=O)NCC4)c3ccsc3c2/C(C(=C)OCCOC)=C(F)/C=C/F)n[nH]1. The van der Waals surface area contributed by atoms with Crippen LogP contribution in [0.25, 0.3) is 38.3 Å². The second kappa shape index (κ2) is 13.8. The van der Waals surface area contributed by atoms with E-state index < -0.39 is 11.9 Å². The first kappa shape index (κ1) is 31.5. The number of carbonyl (C=O) groups excluding carboxylic acids is 2. The van der Waals surface area contributed by atoms with Crippen LogP contribution in [0.4, 0.5) is 8.78 Å². The molecule has 0 spiro atoms. The maximum Gasteiger partial charge on any atom is 0.251 e. The highest BCUT2D eigenvalue weighted by molar-refractivity contribution is 7.17. The fraction of sp³-hybridized carbons (Fsp3) is 0.212. The molecule has 3 N–H and O–H groups in total. The van der Waals surface area contributed by atoms with Crippen molar-refractivity contribution in [1.82, 2.24) is 25.8 Å². The number of nitrogens with zero attached hydrogens (tertiary/aromatic N) is 2. The Hall–Kier alpha value is -4.94. The van der Waals surface area contributed by atoms with E-state index >= 15 is 4.39 Å². The molecule has 232 valence electrons. The Morgan fingerprint density at radius 2 is 2.07 bits per heavy atom. The van der Waals surface area contributed by atoms with Crippen molar-refractivity contribution in [3.8, 4) is 22.6 Å². The van der Waals surface area contributed by atoms with Gasteiger partial charge in [0.05, 0.1) is 35.9 Å². The summed E-state index contributed by atoms with van der Waals surface area (Å²) in [4.78, 5) is 29.7. The maximum atomic E-state index is 15.8. The van der Waals surface area contributed by atoms with E-state index in [1.807, 2.05) is 23.6 Å². The van der Waals surface area contributed by atoms with Gasteiger partial charge >= 0.3 is 0 Å². The number of aromatic nitrogens is 3. The molecule has 0 fully saturated rings. The standard InChI is InChI=1S/C33H31F2N5O4S/c1-5-27(41)37-18(2)25-17-26(40-39-25)31-29(28(24(35)8-11-34)19(3)44-14-13-43-4)32-22(10-15-45-32)30(38-31)21-7-6-20-9-12-36-33(42)23(20)16-21/h5-8,10-11,15-18H,1,3,9,12-14H2,2,4H3,(H,36,42)(H,37,41)(H,39,40)/b11-8+,28-24-/t18-/m1/s1. The van der Waals surface area contributed by atoms with Crippen LogP contribution in [0.3, 0.4) is 0 Å². The minimum Gasteiger partial charge on any atom is -0.491 e. The zero-order valence-electron chi connectivity index (χ0n) is 24.7. The van der Waals surface area contributed by atoms with E-state index in [0.717, 1.165) is 11.6 Å². The highest BCUT2D eigenvalue weighted by Crippen LogP contribution is 2.44. The minimum atomic E-state index is -0.932. The number of nitrogens with one attached hydrogen (secondary N) is 3. The van der Waals surface area contributed by atoms with Crippen LogP contribution in [-0.4, -0.2) is 53.9 Å². The van der Waals surface area contributed by atoms with E-state index in [0.29, 0.717) is 62.9 Å². The average molecular weight is 632 g/mol. The van der Waals surface area contributed by atoms with E-state index in [1.54, 1.807) is 19.1 Å². The van der Waals surface area contributed by atoms with Crippen molar-refractivity contribution in [1.29, 1.82) is 0 Å². The third kappa shape index (κ3) is 6.47. The minimum absolute atomic E-state index is 0.0547. The van der Waals surface area contributed by atoms with Crippen LogP contribution in [-0.2, 0) is 20.7 Å². The van der Waals surface area contributed by atoms with Gasteiger partial charge in [-0.15, -0.1) is 11.3 Å². The number of H-pyrrole nitrogens is 1. The zero-order valence-corrected chi connectivity index (χ0v) is 25.5. The quantitative estimate of drug-likeness (QED) is 0.0727. The first-order chi connectivity index (χ1) is 21.8. The molecular formula is C33H31F2N5O4S. The Morgan fingerprint density at radius 1 is 1.24 bits per heavy atom. The Balaban J connectivity index is 1.77. The van der Waals surface area contributed by atoms with Crippen LogP contribution < -0.4 is 10.6 Å². The number of amides is 2. The molecule has 0 saturated carbocycles. The van der Waals surface area contributed by atoms with Crippen molar-refractivity contribution in [3.63, 3.8) is 0 Å². The van der Waals surface area contributed by atoms with Crippen molar-refractivity contribution in [2.45, 2.75) is 19.4 Å². The van der Waals surface area contributed by atoms with Crippen molar-refractivity contribution in [2.75, 3.05) is 26.9 Å². The lowest BCUT2D eigenvalue weighted by Gasteiger charge is -2.19. The summed E-state index contributed by atoms with van der Waals surface area (Å²) in [5.74, 6) is -1.52. The second-order valence-corrected chi connectivity index (χ2v) is 11.1. The van der Waals surface area contributed by atoms with Gasteiger partial charge in [0.2, 0.25) is 5.91 Å². The van der Waals surface area contributed by atoms with Gasteiger partial charge in [0.25, 0.3) is 5.91 Å². The zero-order chi connectivity index (χ0) is 32.1. The molecule has 2 amide bonds. The number of methoxy groups -OCH3 is 1. The molecule has 0 saturated heterocycles. The molecular weight excluding hydrogens is 600 g/mol. The smallest absolute Gasteiger partial charge is 0.251 e. The molecule has 5 rings (SSSR count). The number of allylic oxidation sites excluding steroid dienone is 3. The lowest BCUT2D eigenvalue weighted by Crippen LogP contribution is -2.31. The second-order valence-electron chi connectivity index (χ2n) is 10.1. The summed E-state index contributed by atoms with van der Waals surface area (Å²) in [7, 11) is 1.50. The number of benzene rings is 1. The lowest BCUT2D eigenvalue weighted by molar-refractivity contribution is -0.117. The molecule has 1 aliphatic heterocycles. The first-order valence-electron chi connectivity index (χ1n) is 14.1. The molecule has 0 radical (unpaired) electrons. The van der Waals surface area contributed by atoms with Gasteiger partial charge in [-0.2, -0.15) is 5.10 Å². The summed E-state index contributed by atoms with van der Waals surface area (Å²) in [6, 6.07) is 8.68. The number of thiophene rings is 1. The van der Waals surface area contributed by atoms with Crippen LogP contribution in [0.15, 0.2) is 78.9 Å². The molecule has 4 heterocycles. The van der Waals surface area contributed by atoms with Crippen LogP contribution in [0.1, 0.15) is 40.1 Å². The predicted molar refractivity (Wildman–Crippen MR) is 171 cm³/mol. The monoisotopic (exact) mass is 631 g/mol. The molecule has 9 nitrogen and oxygen atoms in total. The van der Waals surface area contributed by atoms with Gasteiger partial charge in [0.15, 0.2) is 0 Å². The van der Waals surface area contributed by atoms with Crippen molar-refractivity contribution >= 4 is 38.8 Å². The Morgan fingerprint density at radius 3 is 2.82 bits per heavy atom. The van der Waals surface area contributed by atoms with E-state index in [-0.39, 0.29) is 48.4 Å². The van der Waals surface area contributed by atoms with Gasteiger partial charge in [0, 0.05) is 46.5 Å². The van der Waals surface area contributed by atoms with E-state index in [1.165, 1.54) is 18.4 Å². The average Bonchev–Trinajstić information content (AvgIpc) is 3.72. The van der Waals surface area contributed by atoms with Crippen LogP contribution in [0, 0.1) is 0 Å². The Kier molecular flexibility index (Phi) is 9.65. The highest BCUT2D eigenvalue weighted by atomic mass is 32.1. The number of hydrogen-bond acceptors (Lipinski definition) is 7. The van der Waals surface area contributed by atoms with Gasteiger partial charge in [-0.05, 0) is 48.6 Å². The molecule has 0 unspecified atom stereocenters. The van der Waals surface area contributed by atoms with Crippen molar-refractivity contribution in [2.24, 2.45) is 0 Å². The molecule has 45 heavy (non-hydrogen) atoms. The molecule has 12 heteroatoms. The van der Waals surface area contributed by atoms with E-state index in [9.17, 15) is 14.0 Å². The van der Waals surface area contributed by atoms with Gasteiger partial charge < -0.3 is 20.1 Å². The maximum absolute atomic E-state index is 15.8. The number of rotatable bonds is 12. The number of aromatic amines is 1. The van der Waals surface area contributed by atoms with Gasteiger partial charge in [-0.1, -0.05) is 25.3 Å².